The smallest absolute Gasteiger partial charge is 0.331 e. The highest BCUT2D eigenvalue weighted by Gasteiger charge is 2.05. The highest BCUT2D eigenvalue weighted by molar-refractivity contribution is 9.11. The maximum atomic E-state index is 11.3. The Labute approximate surface area is 121 Å². The minimum Gasteiger partial charge on any atom is -0.452 e. The van der Waals surface area contributed by atoms with Crippen LogP contribution in [0.4, 0.5) is 0 Å². The van der Waals surface area contributed by atoms with Crippen molar-refractivity contribution in [2.45, 2.75) is 6.92 Å². The SMILES string of the molecule is CC(=O)NNC(=O)COC(=O)/C=C/c1ccc(Br)s1. The van der Waals surface area contributed by atoms with Crippen LogP contribution in [0.25, 0.3) is 6.08 Å². The van der Waals surface area contributed by atoms with E-state index in [1.54, 1.807) is 6.08 Å². The van der Waals surface area contributed by atoms with Crippen LogP contribution in [-0.4, -0.2) is 24.4 Å². The third-order valence-corrected chi connectivity index (χ3v) is 3.29. The highest BCUT2D eigenvalue weighted by atomic mass is 79.9. The van der Waals surface area contributed by atoms with Gasteiger partial charge in [0.05, 0.1) is 3.79 Å². The van der Waals surface area contributed by atoms with E-state index in [2.05, 4.69) is 31.5 Å². The van der Waals surface area contributed by atoms with E-state index < -0.39 is 24.4 Å². The fourth-order valence-corrected chi connectivity index (χ4v) is 2.27. The number of ether oxygens (including phenoxy) is 1. The van der Waals surface area contributed by atoms with Crippen LogP contribution in [0.1, 0.15) is 11.8 Å². The first-order valence-electron chi connectivity index (χ1n) is 5.13. The van der Waals surface area contributed by atoms with Crippen molar-refractivity contribution in [2.75, 3.05) is 6.61 Å². The number of nitrogens with one attached hydrogen (secondary N) is 2. The van der Waals surface area contributed by atoms with Crippen molar-refractivity contribution in [2.24, 2.45) is 0 Å². The monoisotopic (exact) mass is 346 g/mol. The van der Waals surface area contributed by atoms with Gasteiger partial charge in [0.25, 0.3) is 5.91 Å². The lowest BCUT2D eigenvalue weighted by Gasteiger charge is -2.04. The van der Waals surface area contributed by atoms with Crippen LogP contribution >= 0.6 is 27.3 Å². The molecular formula is C11H11BrN2O4S. The largest absolute Gasteiger partial charge is 0.452 e. The van der Waals surface area contributed by atoms with Gasteiger partial charge in [-0.15, -0.1) is 11.3 Å². The first-order valence-corrected chi connectivity index (χ1v) is 6.74. The molecule has 0 bridgehead atoms. The van der Waals surface area contributed by atoms with Crippen molar-refractivity contribution >= 4 is 51.1 Å². The van der Waals surface area contributed by atoms with Crippen LogP contribution < -0.4 is 10.9 Å². The molecule has 19 heavy (non-hydrogen) atoms. The number of carbonyl (C=O) groups is 3. The maximum Gasteiger partial charge on any atom is 0.331 e. The van der Waals surface area contributed by atoms with Crippen molar-refractivity contribution in [1.29, 1.82) is 0 Å². The molecule has 1 aromatic rings. The Balaban J connectivity index is 2.29. The molecule has 6 nitrogen and oxygen atoms in total. The van der Waals surface area contributed by atoms with E-state index in [9.17, 15) is 14.4 Å². The summed E-state index contributed by atoms with van der Waals surface area (Å²) in [6.45, 7) is 0.784. The molecule has 0 saturated carbocycles. The number of hydrogen-bond donors (Lipinski definition) is 2. The highest BCUT2D eigenvalue weighted by Crippen LogP contribution is 2.22. The van der Waals surface area contributed by atoms with Gasteiger partial charge in [-0.1, -0.05) is 0 Å². The van der Waals surface area contributed by atoms with Crippen LogP contribution in [0.5, 0.6) is 0 Å². The van der Waals surface area contributed by atoms with Gasteiger partial charge in [0.2, 0.25) is 5.91 Å². The molecule has 0 saturated heterocycles. The maximum absolute atomic E-state index is 11.3. The number of esters is 1. The van der Waals surface area contributed by atoms with Crippen LogP contribution in [0, 0.1) is 0 Å². The molecule has 1 aromatic heterocycles. The third-order valence-electron chi connectivity index (χ3n) is 1.70. The summed E-state index contributed by atoms with van der Waals surface area (Å²) in [4.78, 5) is 33.8. The number of thiophene rings is 1. The van der Waals surface area contributed by atoms with Gasteiger partial charge in [0, 0.05) is 17.9 Å². The average molecular weight is 347 g/mol. The van der Waals surface area contributed by atoms with Gasteiger partial charge in [0.1, 0.15) is 0 Å². The lowest BCUT2D eigenvalue weighted by Crippen LogP contribution is -2.42. The Kier molecular flexibility index (Phi) is 6.23. The fraction of sp³-hybridized carbons (Fsp3) is 0.182. The predicted molar refractivity (Wildman–Crippen MR) is 74.0 cm³/mol. The molecule has 0 atom stereocenters. The zero-order chi connectivity index (χ0) is 14.3. The van der Waals surface area contributed by atoms with Crippen molar-refractivity contribution in [3.63, 3.8) is 0 Å². The van der Waals surface area contributed by atoms with Gasteiger partial charge in [-0.25, -0.2) is 4.79 Å². The summed E-state index contributed by atoms with van der Waals surface area (Å²) in [5.74, 6) is -1.67. The fourth-order valence-electron chi connectivity index (χ4n) is 0.947. The van der Waals surface area contributed by atoms with Crippen molar-refractivity contribution in [1.82, 2.24) is 10.9 Å². The lowest BCUT2D eigenvalue weighted by atomic mass is 10.4. The third kappa shape index (κ3) is 6.73. The second kappa shape index (κ2) is 7.70. The Morgan fingerprint density at radius 1 is 1.37 bits per heavy atom. The zero-order valence-electron chi connectivity index (χ0n) is 9.94. The first kappa shape index (κ1) is 15.4. The molecule has 2 amide bonds. The summed E-state index contributed by atoms with van der Waals surface area (Å²) >= 11 is 4.76. The van der Waals surface area contributed by atoms with Gasteiger partial charge in [0.15, 0.2) is 6.61 Å². The molecule has 0 aliphatic rings. The second-order valence-electron chi connectivity index (χ2n) is 3.31. The summed E-state index contributed by atoms with van der Waals surface area (Å²) in [5.41, 5.74) is 4.15. The number of rotatable bonds is 4. The Hall–Kier alpha value is -1.67. The predicted octanol–water partition coefficient (Wildman–Crippen LogP) is 1.23. The first-order chi connectivity index (χ1) is 8.97. The number of carbonyl (C=O) groups excluding carboxylic acids is 3. The topological polar surface area (TPSA) is 84.5 Å². The van der Waals surface area contributed by atoms with Crippen molar-refractivity contribution in [3.8, 4) is 0 Å². The van der Waals surface area contributed by atoms with Crippen LogP contribution in [-0.2, 0) is 19.1 Å². The van der Waals surface area contributed by atoms with Gasteiger partial charge in [-0.05, 0) is 34.1 Å². The molecule has 0 radical (unpaired) electrons. The standard InChI is InChI=1S/C11H11BrN2O4S/c1-7(15)13-14-10(16)6-18-11(17)5-3-8-2-4-9(12)19-8/h2-5H,6H2,1H3,(H,13,15)(H,14,16)/b5-3+. The molecule has 0 aromatic carbocycles. The van der Waals surface area contributed by atoms with Gasteiger partial charge >= 0.3 is 5.97 Å². The van der Waals surface area contributed by atoms with Crippen molar-refractivity contribution in [3.05, 3.63) is 26.9 Å². The quantitative estimate of drug-likeness (QED) is 0.488. The van der Waals surface area contributed by atoms with Crippen LogP contribution in [0.15, 0.2) is 22.0 Å². The summed E-state index contributed by atoms with van der Waals surface area (Å²) in [6.07, 6.45) is 2.81. The van der Waals surface area contributed by atoms with E-state index in [1.165, 1.54) is 24.3 Å². The van der Waals surface area contributed by atoms with Gasteiger partial charge in [-0.3, -0.25) is 20.4 Å². The van der Waals surface area contributed by atoms with Crippen LogP contribution in [0.2, 0.25) is 0 Å². The molecule has 0 aliphatic heterocycles. The number of halogens is 1. The minimum atomic E-state index is -0.637. The molecule has 2 N–H and O–H groups in total. The summed E-state index contributed by atoms with van der Waals surface area (Å²) in [5, 5.41) is 0. The van der Waals surface area contributed by atoms with Gasteiger partial charge in [-0.2, -0.15) is 0 Å². The second-order valence-corrected chi connectivity index (χ2v) is 5.81. The Morgan fingerprint density at radius 2 is 2.11 bits per heavy atom. The average Bonchev–Trinajstić information content (AvgIpc) is 2.77. The molecule has 102 valence electrons. The minimum absolute atomic E-state index is 0.414. The van der Waals surface area contributed by atoms with Crippen LogP contribution in [0.3, 0.4) is 0 Å². The Bertz CT molecular complexity index is 513. The Morgan fingerprint density at radius 3 is 2.68 bits per heavy atom. The molecule has 0 fully saturated rings. The van der Waals surface area contributed by atoms with E-state index in [-0.39, 0.29) is 0 Å². The lowest BCUT2D eigenvalue weighted by molar-refractivity contribution is -0.144. The van der Waals surface area contributed by atoms with Gasteiger partial charge < -0.3 is 4.74 Å². The summed E-state index contributed by atoms with van der Waals surface area (Å²) in [7, 11) is 0. The summed E-state index contributed by atoms with van der Waals surface area (Å²) in [6, 6.07) is 3.69. The molecule has 1 rings (SSSR count). The molecule has 8 heteroatoms. The van der Waals surface area contributed by atoms with E-state index in [0.717, 1.165) is 8.66 Å². The van der Waals surface area contributed by atoms with E-state index in [0.29, 0.717) is 0 Å². The molecule has 1 heterocycles. The van der Waals surface area contributed by atoms with Crippen molar-refractivity contribution < 1.29 is 19.1 Å². The number of hydrogen-bond acceptors (Lipinski definition) is 5. The molecule has 0 aliphatic carbocycles. The molecule has 0 unspecified atom stereocenters. The number of amides is 2. The number of hydrazine groups is 1. The van der Waals surface area contributed by atoms with E-state index >= 15 is 0 Å². The normalized spacial score (nSPS) is 10.2. The zero-order valence-corrected chi connectivity index (χ0v) is 12.3. The van der Waals surface area contributed by atoms with E-state index in [4.69, 9.17) is 0 Å². The molecule has 0 spiro atoms. The van der Waals surface area contributed by atoms with E-state index in [1.807, 2.05) is 12.1 Å². The molecular weight excluding hydrogens is 336 g/mol. The summed E-state index contributed by atoms with van der Waals surface area (Å²) < 4.78 is 5.62.